The first-order valence-corrected chi connectivity index (χ1v) is 8.89. The third kappa shape index (κ3) is 5.20. The minimum absolute atomic E-state index is 0.226. The molecular weight excluding hydrogens is 336 g/mol. The van der Waals surface area contributed by atoms with Crippen molar-refractivity contribution >= 4 is 5.97 Å². The second-order valence-electron chi connectivity index (χ2n) is 6.43. The molecule has 7 heteroatoms. The van der Waals surface area contributed by atoms with Gasteiger partial charge in [-0.05, 0) is 31.2 Å². The fraction of sp³-hybridized carbons (Fsp3) is 0.526. The zero-order valence-corrected chi connectivity index (χ0v) is 15.4. The van der Waals surface area contributed by atoms with Gasteiger partial charge in [-0.25, -0.2) is 4.79 Å². The lowest BCUT2D eigenvalue weighted by atomic mass is 10.3. The summed E-state index contributed by atoms with van der Waals surface area (Å²) in [7, 11) is 1.35. The van der Waals surface area contributed by atoms with E-state index in [1.54, 1.807) is 6.07 Å². The number of aryl methyl sites for hydroxylation is 1. The van der Waals surface area contributed by atoms with Gasteiger partial charge in [0, 0.05) is 26.2 Å². The van der Waals surface area contributed by atoms with Crippen LogP contribution in [0.15, 0.2) is 33.1 Å². The minimum atomic E-state index is -0.460. The van der Waals surface area contributed by atoms with E-state index in [1.165, 1.54) is 7.11 Å². The van der Waals surface area contributed by atoms with Crippen molar-refractivity contribution in [2.24, 2.45) is 0 Å². The van der Waals surface area contributed by atoms with Crippen LogP contribution in [0.4, 0.5) is 0 Å². The monoisotopic (exact) mass is 362 g/mol. The van der Waals surface area contributed by atoms with Gasteiger partial charge in [0.2, 0.25) is 5.76 Å². The van der Waals surface area contributed by atoms with Crippen LogP contribution in [0, 0.1) is 6.92 Å². The van der Waals surface area contributed by atoms with E-state index in [0.29, 0.717) is 13.1 Å². The van der Waals surface area contributed by atoms with E-state index in [9.17, 15) is 4.79 Å². The van der Waals surface area contributed by atoms with Crippen LogP contribution in [-0.4, -0.2) is 62.3 Å². The van der Waals surface area contributed by atoms with Crippen LogP contribution in [0.2, 0.25) is 0 Å². The normalized spacial score (nSPS) is 15.5. The molecule has 142 valence electrons. The van der Waals surface area contributed by atoms with Gasteiger partial charge >= 0.3 is 5.97 Å². The predicted octanol–water partition coefficient (Wildman–Crippen LogP) is 2.30. The molecule has 2 aromatic rings. The topological polar surface area (TPSA) is 68.3 Å². The van der Waals surface area contributed by atoms with Crippen molar-refractivity contribution in [3.63, 3.8) is 0 Å². The van der Waals surface area contributed by atoms with Crippen molar-refractivity contribution in [1.29, 1.82) is 0 Å². The molecule has 0 aromatic carbocycles. The van der Waals surface area contributed by atoms with Crippen molar-refractivity contribution < 1.29 is 23.1 Å². The molecular formula is C19H26N2O5. The van der Waals surface area contributed by atoms with Crippen molar-refractivity contribution in [3.05, 3.63) is 47.3 Å². The summed E-state index contributed by atoms with van der Waals surface area (Å²) in [4.78, 5) is 16.2. The smallest absolute Gasteiger partial charge is 0.373 e. The van der Waals surface area contributed by atoms with Gasteiger partial charge in [0.1, 0.15) is 17.3 Å². The Morgan fingerprint density at radius 1 is 1.12 bits per heavy atom. The van der Waals surface area contributed by atoms with Gasteiger partial charge in [-0.2, -0.15) is 0 Å². The number of nitrogens with zero attached hydrogens (tertiary/aromatic N) is 2. The highest BCUT2D eigenvalue weighted by Gasteiger charge is 2.17. The summed E-state index contributed by atoms with van der Waals surface area (Å²) in [6, 6.07) is 7.44. The van der Waals surface area contributed by atoms with Gasteiger partial charge in [0.25, 0.3) is 0 Å². The molecule has 1 fully saturated rings. The Labute approximate surface area is 153 Å². The van der Waals surface area contributed by atoms with Crippen LogP contribution in [0.25, 0.3) is 0 Å². The van der Waals surface area contributed by atoms with Crippen LogP contribution in [0.5, 0.6) is 0 Å². The average molecular weight is 362 g/mol. The molecule has 0 atom stereocenters. The number of carbonyl (C=O) groups excluding carboxylic acids is 1. The second-order valence-corrected chi connectivity index (χ2v) is 6.43. The van der Waals surface area contributed by atoms with Gasteiger partial charge in [0.15, 0.2) is 0 Å². The third-order valence-corrected chi connectivity index (χ3v) is 4.44. The summed E-state index contributed by atoms with van der Waals surface area (Å²) in [5, 5.41) is 0. The van der Waals surface area contributed by atoms with E-state index in [2.05, 4.69) is 9.80 Å². The van der Waals surface area contributed by atoms with Gasteiger partial charge in [0.05, 0.1) is 33.4 Å². The highest BCUT2D eigenvalue weighted by Crippen LogP contribution is 2.15. The number of esters is 1. The van der Waals surface area contributed by atoms with Gasteiger partial charge in [-0.3, -0.25) is 9.80 Å². The standard InChI is InChI=1S/C19H26N2O5/c1-15-3-4-16(25-15)13-21(8-7-20-9-11-24-12-10-20)14-17-5-6-18(26-17)19(22)23-2/h3-6H,7-14H2,1-2H3. The largest absolute Gasteiger partial charge is 0.465 e. The molecule has 0 aliphatic carbocycles. The van der Waals surface area contributed by atoms with Crippen molar-refractivity contribution in [2.75, 3.05) is 46.5 Å². The molecule has 0 saturated carbocycles. The Balaban J connectivity index is 1.63. The highest BCUT2D eigenvalue weighted by molar-refractivity contribution is 5.86. The van der Waals surface area contributed by atoms with Gasteiger partial charge in [-0.1, -0.05) is 0 Å². The summed E-state index contributed by atoms with van der Waals surface area (Å²) in [5.41, 5.74) is 0. The molecule has 2 aromatic heterocycles. The number of carbonyl (C=O) groups is 1. The first-order valence-electron chi connectivity index (χ1n) is 8.89. The number of hydrogen-bond acceptors (Lipinski definition) is 7. The first-order chi connectivity index (χ1) is 12.6. The maximum absolute atomic E-state index is 11.6. The zero-order valence-electron chi connectivity index (χ0n) is 15.4. The molecule has 3 rings (SSSR count). The number of hydrogen-bond donors (Lipinski definition) is 0. The van der Waals surface area contributed by atoms with Crippen molar-refractivity contribution in [3.8, 4) is 0 Å². The summed E-state index contributed by atoms with van der Waals surface area (Å²) in [6.07, 6.45) is 0. The Kier molecular flexibility index (Phi) is 6.49. The van der Waals surface area contributed by atoms with Gasteiger partial charge < -0.3 is 18.3 Å². The first kappa shape index (κ1) is 18.7. The molecule has 0 bridgehead atoms. The van der Waals surface area contributed by atoms with E-state index in [-0.39, 0.29) is 5.76 Å². The minimum Gasteiger partial charge on any atom is -0.465 e. The average Bonchev–Trinajstić information content (AvgIpc) is 3.29. The van der Waals surface area contributed by atoms with E-state index in [1.807, 2.05) is 25.1 Å². The Morgan fingerprint density at radius 3 is 2.46 bits per heavy atom. The number of ether oxygens (including phenoxy) is 2. The molecule has 26 heavy (non-hydrogen) atoms. The summed E-state index contributed by atoms with van der Waals surface area (Å²) >= 11 is 0. The molecule has 0 N–H and O–H groups in total. The zero-order chi connectivity index (χ0) is 18.4. The number of morpholine rings is 1. The lowest BCUT2D eigenvalue weighted by Gasteiger charge is -2.29. The quantitative estimate of drug-likeness (QED) is 0.668. The van der Waals surface area contributed by atoms with Crippen LogP contribution in [-0.2, 0) is 22.6 Å². The number of rotatable bonds is 8. The van der Waals surface area contributed by atoms with E-state index in [0.717, 1.165) is 56.7 Å². The van der Waals surface area contributed by atoms with E-state index >= 15 is 0 Å². The van der Waals surface area contributed by atoms with Gasteiger partial charge in [-0.15, -0.1) is 0 Å². The Morgan fingerprint density at radius 2 is 1.81 bits per heavy atom. The van der Waals surface area contributed by atoms with Crippen LogP contribution in [0.3, 0.4) is 0 Å². The molecule has 0 amide bonds. The van der Waals surface area contributed by atoms with E-state index in [4.69, 9.17) is 18.3 Å². The number of methoxy groups -OCH3 is 1. The summed E-state index contributed by atoms with van der Waals surface area (Å²) in [6.45, 7) is 8.55. The Hall–Kier alpha value is -2.09. The fourth-order valence-corrected chi connectivity index (χ4v) is 3.01. The molecule has 0 unspecified atom stereocenters. The molecule has 7 nitrogen and oxygen atoms in total. The van der Waals surface area contributed by atoms with E-state index < -0.39 is 5.97 Å². The molecule has 1 aliphatic heterocycles. The Bertz CT molecular complexity index is 702. The van der Waals surface area contributed by atoms with Crippen LogP contribution >= 0.6 is 0 Å². The predicted molar refractivity (Wildman–Crippen MR) is 94.9 cm³/mol. The van der Waals surface area contributed by atoms with Crippen LogP contribution < -0.4 is 0 Å². The summed E-state index contributed by atoms with van der Waals surface area (Å²) < 4.78 is 21.5. The molecule has 1 aliphatic rings. The fourth-order valence-electron chi connectivity index (χ4n) is 3.01. The molecule has 1 saturated heterocycles. The maximum Gasteiger partial charge on any atom is 0.373 e. The van der Waals surface area contributed by atoms with Crippen LogP contribution in [0.1, 0.15) is 27.8 Å². The summed E-state index contributed by atoms with van der Waals surface area (Å²) in [5.74, 6) is 2.32. The molecule has 0 radical (unpaired) electrons. The van der Waals surface area contributed by atoms with Crippen molar-refractivity contribution in [1.82, 2.24) is 9.80 Å². The SMILES string of the molecule is COC(=O)c1ccc(CN(CCN2CCOCC2)Cc2ccc(C)o2)o1. The van der Waals surface area contributed by atoms with Crippen molar-refractivity contribution in [2.45, 2.75) is 20.0 Å². The maximum atomic E-state index is 11.6. The highest BCUT2D eigenvalue weighted by atomic mass is 16.5. The lowest BCUT2D eigenvalue weighted by Crippen LogP contribution is -2.41. The second kappa shape index (κ2) is 9.02. The third-order valence-electron chi connectivity index (χ3n) is 4.44. The molecule has 0 spiro atoms. The molecule has 3 heterocycles. The lowest BCUT2D eigenvalue weighted by molar-refractivity contribution is 0.0316. The number of furan rings is 2.